The van der Waals surface area contributed by atoms with E-state index in [0.717, 1.165) is 16.9 Å². The molecule has 0 heterocycles. The first kappa shape index (κ1) is 16.0. The Bertz CT molecular complexity index is 644. The van der Waals surface area contributed by atoms with E-state index in [2.05, 4.69) is 48.8 Å². The standard InChI is InChI=1S/C18H20BrFO/c1-12-10-14(18(2,3)4)8-9-16(12)21-11-13-6-5-7-15(20)17(13)19/h5-10H,11H2,1-4H3. The van der Waals surface area contributed by atoms with Gasteiger partial charge >= 0.3 is 0 Å². The number of benzene rings is 2. The zero-order valence-corrected chi connectivity index (χ0v) is 14.4. The summed E-state index contributed by atoms with van der Waals surface area (Å²) in [5.74, 6) is 0.565. The number of hydrogen-bond acceptors (Lipinski definition) is 1. The molecule has 2 aromatic carbocycles. The molecule has 0 N–H and O–H groups in total. The zero-order valence-electron chi connectivity index (χ0n) is 12.8. The van der Waals surface area contributed by atoms with E-state index in [1.165, 1.54) is 11.6 Å². The van der Waals surface area contributed by atoms with E-state index < -0.39 is 0 Å². The van der Waals surface area contributed by atoms with Gasteiger partial charge in [-0.2, -0.15) is 0 Å². The molecule has 0 amide bonds. The van der Waals surface area contributed by atoms with Crippen LogP contribution in [-0.4, -0.2) is 0 Å². The summed E-state index contributed by atoms with van der Waals surface area (Å²) in [6.07, 6.45) is 0. The summed E-state index contributed by atoms with van der Waals surface area (Å²) in [5.41, 5.74) is 3.29. The summed E-state index contributed by atoms with van der Waals surface area (Å²) in [7, 11) is 0. The lowest BCUT2D eigenvalue weighted by Crippen LogP contribution is -2.11. The Morgan fingerprint density at radius 1 is 1.14 bits per heavy atom. The fourth-order valence-electron chi connectivity index (χ4n) is 2.09. The molecule has 0 fully saturated rings. The smallest absolute Gasteiger partial charge is 0.137 e. The highest BCUT2D eigenvalue weighted by molar-refractivity contribution is 9.10. The second-order valence-electron chi connectivity index (χ2n) is 6.23. The summed E-state index contributed by atoms with van der Waals surface area (Å²) in [5, 5.41) is 0. The zero-order chi connectivity index (χ0) is 15.6. The normalized spacial score (nSPS) is 11.5. The Morgan fingerprint density at radius 3 is 2.48 bits per heavy atom. The molecule has 0 saturated heterocycles. The minimum absolute atomic E-state index is 0.120. The van der Waals surface area contributed by atoms with E-state index in [-0.39, 0.29) is 11.2 Å². The van der Waals surface area contributed by atoms with Crippen molar-refractivity contribution in [2.45, 2.75) is 39.7 Å². The van der Waals surface area contributed by atoms with E-state index >= 15 is 0 Å². The Hall–Kier alpha value is -1.35. The van der Waals surface area contributed by atoms with Crippen LogP contribution in [0.4, 0.5) is 4.39 Å². The van der Waals surface area contributed by atoms with Crippen molar-refractivity contribution in [3.63, 3.8) is 0 Å². The molecule has 0 atom stereocenters. The molecule has 21 heavy (non-hydrogen) atoms. The van der Waals surface area contributed by atoms with Crippen LogP contribution in [0.3, 0.4) is 0 Å². The molecule has 0 aliphatic heterocycles. The second kappa shape index (κ2) is 6.18. The van der Waals surface area contributed by atoms with Crippen molar-refractivity contribution in [2.24, 2.45) is 0 Å². The maximum Gasteiger partial charge on any atom is 0.137 e. The number of hydrogen-bond donors (Lipinski definition) is 0. The van der Waals surface area contributed by atoms with Gasteiger partial charge in [-0.1, -0.05) is 45.0 Å². The fraction of sp³-hybridized carbons (Fsp3) is 0.333. The summed E-state index contributed by atoms with van der Waals surface area (Å²) in [6, 6.07) is 11.2. The van der Waals surface area contributed by atoms with Crippen LogP contribution in [0.15, 0.2) is 40.9 Å². The lowest BCUT2D eigenvalue weighted by Gasteiger charge is -2.20. The van der Waals surface area contributed by atoms with E-state index in [0.29, 0.717) is 11.1 Å². The minimum Gasteiger partial charge on any atom is -0.489 e. The predicted octanol–water partition coefficient (Wildman–Crippen LogP) is 5.77. The van der Waals surface area contributed by atoms with Crippen molar-refractivity contribution in [2.75, 3.05) is 0 Å². The predicted molar refractivity (Wildman–Crippen MR) is 88.3 cm³/mol. The molecule has 0 saturated carbocycles. The van der Waals surface area contributed by atoms with Crippen LogP contribution in [0.5, 0.6) is 5.75 Å². The van der Waals surface area contributed by atoms with Gasteiger partial charge in [-0.15, -0.1) is 0 Å². The Labute approximate surface area is 134 Å². The monoisotopic (exact) mass is 350 g/mol. The minimum atomic E-state index is -0.268. The number of ether oxygens (including phenoxy) is 1. The Morgan fingerprint density at radius 2 is 1.86 bits per heavy atom. The van der Waals surface area contributed by atoms with Crippen LogP contribution < -0.4 is 4.74 Å². The Balaban J connectivity index is 2.16. The second-order valence-corrected chi connectivity index (χ2v) is 7.02. The average molecular weight is 351 g/mol. The van der Waals surface area contributed by atoms with E-state index in [4.69, 9.17) is 4.74 Å². The average Bonchev–Trinajstić information content (AvgIpc) is 2.40. The Kier molecular flexibility index (Phi) is 4.72. The van der Waals surface area contributed by atoms with Gasteiger partial charge in [0.25, 0.3) is 0 Å². The summed E-state index contributed by atoms with van der Waals surface area (Å²) in [4.78, 5) is 0. The summed E-state index contributed by atoms with van der Waals surface area (Å²) in [6.45, 7) is 8.93. The number of halogens is 2. The van der Waals surface area contributed by atoms with Gasteiger partial charge in [0.1, 0.15) is 18.2 Å². The molecular weight excluding hydrogens is 331 g/mol. The highest BCUT2D eigenvalue weighted by Gasteiger charge is 2.15. The van der Waals surface area contributed by atoms with Crippen molar-refractivity contribution < 1.29 is 9.13 Å². The number of aryl methyl sites for hydroxylation is 1. The van der Waals surface area contributed by atoms with Gasteiger partial charge in [-0.25, -0.2) is 4.39 Å². The van der Waals surface area contributed by atoms with Crippen LogP contribution in [0.2, 0.25) is 0 Å². The molecule has 0 bridgehead atoms. The summed E-state index contributed by atoms with van der Waals surface area (Å²) >= 11 is 3.25. The van der Waals surface area contributed by atoms with E-state index in [1.807, 2.05) is 19.1 Å². The molecular formula is C18H20BrFO. The van der Waals surface area contributed by atoms with Crippen LogP contribution in [-0.2, 0) is 12.0 Å². The first-order valence-corrected chi connectivity index (χ1v) is 7.75. The van der Waals surface area contributed by atoms with E-state index in [9.17, 15) is 4.39 Å². The van der Waals surface area contributed by atoms with E-state index in [1.54, 1.807) is 6.07 Å². The summed E-state index contributed by atoms with van der Waals surface area (Å²) < 4.78 is 19.8. The molecule has 0 radical (unpaired) electrons. The maximum atomic E-state index is 13.5. The third-order valence-corrected chi connectivity index (χ3v) is 4.34. The van der Waals surface area contributed by atoms with Gasteiger partial charge in [0.2, 0.25) is 0 Å². The van der Waals surface area contributed by atoms with Gasteiger partial charge in [0.05, 0.1) is 4.47 Å². The molecule has 2 aromatic rings. The third-order valence-electron chi connectivity index (χ3n) is 3.46. The van der Waals surface area contributed by atoms with Crippen molar-refractivity contribution >= 4 is 15.9 Å². The van der Waals surface area contributed by atoms with Crippen LogP contribution >= 0.6 is 15.9 Å². The van der Waals surface area contributed by atoms with Crippen LogP contribution in [0.1, 0.15) is 37.5 Å². The molecule has 2 rings (SSSR count). The lowest BCUT2D eigenvalue weighted by atomic mass is 9.86. The van der Waals surface area contributed by atoms with Crippen molar-refractivity contribution in [1.82, 2.24) is 0 Å². The molecule has 1 nitrogen and oxygen atoms in total. The van der Waals surface area contributed by atoms with Gasteiger partial charge in [-0.3, -0.25) is 0 Å². The lowest BCUT2D eigenvalue weighted by molar-refractivity contribution is 0.302. The molecule has 112 valence electrons. The van der Waals surface area contributed by atoms with Gasteiger partial charge < -0.3 is 4.74 Å². The topological polar surface area (TPSA) is 9.23 Å². The maximum absolute atomic E-state index is 13.5. The van der Waals surface area contributed by atoms with Gasteiger partial charge in [-0.05, 0) is 51.5 Å². The highest BCUT2D eigenvalue weighted by atomic mass is 79.9. The molecule has 0 aliphatic carbocycles. The largest absolute Gasteiger partial charge is 0.489 e. The highest BCUT2D eigenvalue weighted by Crippen LogP contribution is 2.28. The molecule has 0 aromatic heterocycles. The van der Waals surface area contributed by atoms with Gasteiger partial charge in [0.15, 0.2) is 0 Å². The molecule has 0 unspecified atom stereocenters. The molecule has 0 aliphatic rings. The van der Waals surface area contributed by atoms with Gasteiger partial charge in [0, 0.05) is 5.56 Å². The van der Waals surface area contributed by atoms with Crippen LogP contribution in [0, 0.1) is 12.7 Å². The molecule has 3 heteroatoms. The third kappa shape index (κ3) is 3.85. The first-order chi connectivity index (χ1) is 9.79. The SMILES string of the molecule is Cc1cc(C(C)(C)C)ccc1OCc1cccc(F)c1Br. The quantitative estimate of drug-likeness (QED) is 0.682. The van der Waals surface area contributed by atoms with Crippen LogP contribution in [0.25, 0.3) is 0 Å². The van der Waals surface area contributed by atoms with Crippen molar-refractivity contribution in [3.05, 3.63) is 63.4 Å². The molecule has 0 spiro atoms. The fourth-order valence-corrected chi connectivity index (χ4v) is 2.47. The first-order valence-electron chi connectivity index (χ1n) is 6.96. The number of rotatable bonds is 3. The van der Waals surface area contributed by atoms with Crippen molar-refractivity contribution in [3.8, 4) is 5.75 Å². The van der Waals surface area contributed by atoms with Crippen molar-refractivity contribution in [1.29, 1.82) is 0 Å².